The van der Waals surface area contributed by atoms with Crippen LogP contribution in [0.1, 0.15) is 65.0 Å². The summed E-state index contributed by atoms with van der Waals surface area (Å²) in [5, 5.41) is 6.69. The van der Waals surface area contributed by atoms with Crippen LogP contribution in [0.15, 0.2) is 30.3 Å². The molecule has 1 aromatic rings. The fraction of sp³-hybridized carbons (Fsp3) is 0.650. The number of carbonyl (C=O) groups is 1. The summed E-state index contributed by atoms with van der Waals surface area (Å²) >= 11 is 0. The van der Waals surface area contributed by atoms with E-state index < -0.39 is 0 Å². The first-order valence-electron chi connectivity index (χ1n) is 8.95. The van der Waals surface area contributed by atoms with E-state index in [0.29, 0.717) is 18.5 Å². The van der Waals surface area contributed by atoms with Crippen molar-refractivity contribution in [3.05, 3.63) is 35.9 Å². The summed E-state index contributed by atoms with van der Waals surface area (Å²) in [5.74, 6) is 0.717. The molecule has 0 radical (unpaired) electrons. The molecule has 2 rings (SSSR count). The second kappa shape index (κ2) is 7.96. The molecule has 3 nitrogen and oxygen atoms in total. The fourth-order valence-electron chi connectivity index (χ4n) is 3.55. The van der Waals surface area contributed by atoms with Gasteiger partial charge in [0.2, 0.25) is 5.91 Å². The van der Waals surface area contributed by atoms with Crippen molar-refractivity contribution < 1.29 is 4.79 Å². The Balaban J connectivity index is 1.92. The van der Waals surface area contributed by atoms with Gasteiger partial charge in [-0.1, -0.05) is 70.9 Å². The minimum Gasteiger partial charge on any atom is -0.352 e. The molecule has 0 heterocycles. The molecular formula is C20H32N2O. The Bertz CT molecular complexity index is 492. The highest BCUT2D eigenvalue weighted by Crippen LogP contribution is 2.32. The Morgan fingerprint density at radius 1 is 1.17 bits per heavy atom. The normalized spacial score (nSPS) is 23.3. The lowest BCUT2D eigenvalue weighted by Gasteiger charge is -2.33. The highest BCUT2D eigenvalue weighted by molar-refractivity contribution is 5.78. The maximum Gasteiger partial charge on any atom is 0.234 e. The summed E-state index contributed by atoms with van der Waals surface area (Å²) in [4.78, 5) is 12.3. The van der Waals surface area contributed by atoms with Gasteiger partial charge in [-0.3, -0.25) is 4.79 Å². The van der Waals surface area contributed by atoms with Gasteiger partial charge in [0.15, 0.2) is 0 Å². The third kappa shape index (κ3) is 5.35. The van der Waals surface area contributed by atoms with Gasteiger partial charge in [0, 0.05) is 12.1 Å². The maximum atomic E-state index is 12.3. The average molecular weight is 316 g/mol. The number of amides is 1. The smallest absolute Gasteiger partial charge is 0.234 e. The van der Waals surface area contributed by atoms with Gasteiger partial charge in [0.1, 0.15) is 0 Å². The summed E-state index contributed by atoms with van der Waals surface area (Å²) in [6.07, 6.45) is 4.88. The van der Waals surface area contributed by atoms with E-state index in [-0.39, 0.29) is 17.4 Å². The third-order valence-corrected chi connectivity index (χ3v) is 4.92. The van der Waals surface area contributed by atoms with Gasteiger partial charge in [0.05, 0.1) is 6.54 Å². The van der Waals surface area contributed by atoms with Crippen molar-refractivity contribution in [2.45, 2.75) is 65.5 Å². The predicted molar refractivity (Wildman–Crippen MR) is 96.2 cm³/mol. The van der Waals surface area contributed by atoms with Crippen LogP contribution < -0.4 is 10.6 Å². The molecule has 0 bridgehead atoms. The van der Waals surface area contributed by atoms with Gasteiger partial charge < -0.3 is 10.6 Å². The van der Waals surface area contributed by atoms with Crippen molar-refractivity contribution in [1.29, 1.82) is 0 Å². The molecule has 0 spiro atoms. The number of hydrogen-bond acceptors (Lipinski definition) is 2. The lowest BCUT2D eigenvalue weighted by atomic mass is 9.82. The zero-order valence-corrected chi connectivity index (χ0v) is 15.1. The number of nitrogens with one attached hydrogen (secondary N) is 2. The minimum atomic E-state index is 0.0553. The van der Waals surface area contributed by atoms with Gasteiger partial charge in [-0.05, 0) is 29.7 Å². The first kappa shape index (κ1) is 18.0. The van der Waals surface area contributed by atoms with Crippen molar-refractivity contribution in [2.24, 2.45) is 11.3 Å². The molecule has 0 aliphatic heterocycles. The van der Waals surface area contributed by atoms with Crippen molar-refractivity contribution in [3.8, 4) is 0 Å². The molecule has 1 aliphatic rings. The Morgan fingerprint density at radius 3 is 2.43 bits per heavy atom. The van der Waals surface area contributed by atoms with E-state index in [1.165, 1.54) is 24.8 Å². The number of rotatable bonds is 5. The van der Waals surface area contributed by atoms with Crippen LogP contribution >= 0.6 is 0 Å². The van der Waals surface area contributed by atoms with Crippen molar-refractivity contribution in [1.82, 2.24) is 10.6 Å². The van der Waals surface area contributed by atoms with Gasteiger partial charge in [-0.15, -0.1) is 0 Å². The molecule has 0 aromatic heterocycles. The molecule has 1 fully saturated rings. The molecule has 3 unspecified atom stereocenters. The van der Waals surface area contributed by atoms with Crippen LogP contribution in [0.3, 0.4) is 0 Å². The number of carbonyl (C=O) groups excluding carboxylic acids is 1. The molecule has 2 N–H and O–H groups in total. The molecule has 128 valence electrons. The van der Waals surface area contributed by atoms with E-state index >= 15 is 0 Å². The maximum absolute atomic E-state index is 12.3. The van der Waals surface area contributed by atoms with Crippen LogP contribution in [0.2, 0.25) is 0 Å². The van der Waals surface area contributed by atoms with E-state index in [2.05, 4.69) is 62.6 Å². The molecular weight excluding hydrogens is 284 g/mol. The Kier molecular flexibility index (Phi) is 6.23. The molecule has 3 atom stereocenters. The van der Waals surface area contributed by atoms with Crippen molar-refractivity contribution in [2.75, 3.05) is 6.54 Å². The third-order valence-electron chi connectivity index (χ3n) is 4.92. The Hall–Kier alpha value is -1.35. The average Bonchev–Trinajstić information content (AvgIpc) is 2.49. The summed E-state index contributed by atoms with van der Waals surface area (Å²) in [6, 6.07) is 10.9. The zero-order chi connectivity index (χ0) is 16.9. The van der Waals surface area contributed by atoms with E-state index in [1.54, 1.807) is 0 Å². The highest BCUT2D eigenvalue weighted by atomic mass is 16.2. The standard InChI is InChI=1S/C20H32N2O/c1-15-10-8-9-13-17(15)22-18(23)14-21-19(20(2,3)4)16-11-6-5-7-12-16/h5-7,11-12,15,17,19,21H,8-10,13-14H2,1-4H3,(H,22,23). The lowest BCUT2D eigenvalue weighted by molar-refractivity contribution is -0.121. The summed E-state index contributed by atoms with van der Waals surface area (Å²) < 4.78 is 0. The summed E-state index contributed by atoms with van der Waals surface area (Å²) in [6.45, 7) is 9.25. The van der Waals surface area contributed by atoms with Crippen LogP contribution in [0, 0.1) is 11.3 Å². The van der Waals surface area contributed by atoms with E-state index in [0.717, 1.165) is 6.42 Å². The van der Waals surface area contributed by atoms with Gasteiger partial charge >= 0.3 is 0 Å². The predicted octanol–water partition coefficient (Wildman–Crippen LogP) is 4.06. The van der Waals surface area contributed by atoms with Crippen LogP contribution in [-0.2, 0) is 4.79 Å². The van der Waals surface area contributed by atoms with Crippen molar-refractivity contribution >= 4 is 5.91 Å². The summed E-state index contributed by atoms with van der Waals surface area (Å²) in [5.41, 5.74) is 1.29. The lowest BCUT2D eigenvalue weighted by Crippen LogP contribution is -2.46. The summed E-state index contributed by atoms with van der Waals surface area (Å²) in [7, 11) is 0. The molecule has 1 amide bonds. The second-order valence-corrected chi connectivity index (χ2v) is 8.03. The topological polar surface area (TPSA) is 41.1 Å². The zero-order valence-electron chi connectivity index (χ0n) is 15.1. The SMILES string of the molecule is CC1CCCCC1NC(=O)CNC(c1ccccc1)C(C)(C)C. The molecule has 1 aliphatic carbocycles. The van der Waals surface area contributed by atoms with E-state index in [4.69, 9.17) is 0 Å². The first-order chi connectivity index (χ1) is 10.9. The Labute approximate surface area is 141 Å². The van der Waals surface area contributed by atoms with Gasteiger partial charge in [0.25, 0.3) is 0 Å². The minimum absolute atomic E-state index is 0.0553. The molecule has 1 aromatic carbocycles. The quantitative estimate of drug-likeness (QED) is 0.860. The highest BCUT2D eigenvalue weighted by Gasteiger charge is 2.27. The van der Waals surface area contributed by atoms with Crippen molar-refractivity contribution in [3.63, 3.8) is 0 Å². The Morgan fingerprint density at radius 2 is 1.83 bits per heavy atom. The van der Waals surface area contributed by atoms with Crippen LogP contribution in [0.25, 0.3) is 0 Å². The van der Waals surface area contributed by atoms with Crippen LogP contribution in [-0.4, -0.2) is 18.5 Å². The van der Waals surface area contributed by atoms with Crippen LogP contribution in [0.4, 0.5) is 0 Å². The number of benzene rings is 1. The van der Waals surface area contributed by atoms with Gasteiger partial charge in [-0.25, -0.2) is 0 Å². The molecule has 23 heavy (non-hydrogen) atoms. The fourth-order valence-corrected chi connectivity index (χ4v) is 3.55. The van der Waals surface area contributed by atoms with E-state index in [9.17, 15) is 4.79 Å². The largest absolute Gasteiger partial charge is 0.352 e. The first-order valence-corrected chi connectivity index (χ1v) is 8.95. The second-order valence-electron chi connectivity index (χ2n) is 8.03. The van der Waals surface area contributed by atoms with Gasteiger partial charge in [-0.2, -0.15) is 0 Å². The molecule has 1 saturated carbocycles. The monoisotopic (exact) mass is 316 g/mol. The number of hydrogen-bond donors (Lipinski definition) is 2. The van der Waals surface area contributed by atoms with E-state index in [1.807, 2.05) is 6.07 Å². The molecule has 0 saturated heterocycles. The van der Waals surface area contributed by atoms with Crippen LogP contribution in [0.5, 0.6) is 0 Å². The molecule has 3 heteroatoms.